The summed E-state index contributed by atoms with van der Waals surface area (Å²) in [5.74, 6) is -0.358. The summed E-state index contributed by atoms with van der Waals surface area (Å²) in [6.07, 6.45) is 0. The van der Waals surface area contributed by atoms with Crippen LogP contribution in [0, 0.1) is 12.7 Å². The lowest BCUT2D eigenvalue weighted by molar-refractivity contribution is -0.130. The zero-order valence-corrected chi connectivity index (χ0v) is 16.8. The van der Waals surface area contributed by atoms with Gasteiger partial charge in [-0.2, -0.15) is 0 Å². The largest absolute Gasteiger partial charge is 0.503 e. The van der Waals surface area contributed by atoms with Crippen molar-refractivity contribution in [3.8, 4) is 5.75 Å². The molecule has 0 bridgehead atoms. The molecule has 0 saturated carbocycles. The monoisotopic (exact) mass is 403 g/mol. The maximum Gasteiger partial charge on any atom is 0.290 e. The molecule has 1 atom stereocenters. The maximum absolute atomic E-state index is 13.3. The van der Waals surface area contributed by atoms with E-state index in [9.17, 15) is 14.3 Å². The van der Waals surface area contributed by atoms with E-state index < -0.39 is 11.9 Å². The summed E-state index contributed by atoms with van der Waals surface area (Å²) >= 11 is 0. The highest BCUT2D eigenvalue weighted by Gasteiger charge is 2.40. The topological polar surface area (TPSA) is 49.8 Å². The van der Waals surface area contributed by atoms with E-state index in [1.165, 1.54) is 12.1 Å². The van der Waals surface area contributed by atoms with Crippen molar-refractivity contribution in [2.45, 2.75) is 19.5 Å². The fourth-order valence-corrected chi connectivity index (χ4v) is 3.76. The lowest BCUT2D eigenvalue weighted by Crippen LogP contribution is -2.29. The summed E-state index contributed by atoms with van der Waals surface area (Å²) in [5.41, 5.74) is 4.08. The zero-order valence-electron chi connectivity index (χ0n) is 16.8. The number of hydrogen-bond donors (Lipinski definition) is 1. The van der Waals surface area contributed by atoms with Gasteiger partial charge in [-0.25, -0.2) is 4.39 Å². The lowest BCUT2D eigenvalue weighted by atomic mass is 9.93. The van der Waals surface area contributed by atoms with Gasteiger partial charge in [0.05, 0.1) is 13.2 Å². The molecule has 1 amide bonds. The molecule has 0 saturated heterocycles. The lowest BCUT2D eigenvalue weighted by Gasteiger charge is -2.27. The highest BCUT2D eigenvalue weighted by Crippen LogP contribution is 2.44. The Labute approximate surface area is 174 Å². The Morgan fingerprint density at radius 2 is 1.60 bits per heavy atom. The van der Waals surface area contributed by atoms with Gasteiger partial charge >= 0.3 is 0 Å². The van der Waals surface area contributed by atoms with E-state index in [1.54, 1.807) is 36.3 Å². The predicted octanol–water partition coefficient (Wildman–Crippen LogP) is 5.20. The fraction of sp³-hybridized carbons (Fsp3) is 0.160. The number of aliphatic hydroxyl groups is 1. The van der Waals surface area contributed by atoms with Gasteiger partial charge in [-0.15, -0.1) is 0 Å². The molecule has 0 radical (unpaired) electrons. The first-order valence-electron chi connectivity index (χ1n) is 9.67. The van der Waals surface area contributed by atoms with Gasteiger partial charge in [0.2, 0.25) is 0 Å². The minimum Gasteiger partial charge on any atom is -0.503 e. The Hall–Kier alpha value is -3.60. The van der Waals surface area contributed by atoms with Crippen LogP contribution in [0.2, 0.25) is 0 Å². The smallest absolute Gasteiger partial charge is 0.290 e. The standard InChI is InChI=1S/C25H22FNO3/c1-16-3-7-19(8-4-16)23-22(18-9-13-21(30-2)14-10-18)24(28)25(29)27(23)15-17-5-11-20(26)12-6-17/h3-14,23,28H,15H2,1-2H3. The van der Waals surface area contributed by atoms with Crippen LogP contribution in [0.5, 0.6) is 5.75 Å². The van der Waals surface area contributed by atoms with Gasteiger partial charge in [0.25, 0.3) is 5.91 Å². The van der Waals surface area contributed by atoms with Crippen molar-refractivity contribution >= 4 is 11.5 Å². The molecular weight excluding hydrogens is 381 g/mol. The number of benzene rings is 3. The van der Waals surface area contributed by atoms with Gasteiger partial charge in [0, 0.05) is 12.1 Å². The molecule has 1 aliphatic heterocycles. The van der Waals surface area contributed by atoms with Crippen LogP contribution in [0.3, 0.4) is 0 Å². The molecule has 30 heavy (non-hydrogen) atoms. The summed E-state index contributed by atoms with van der Waals surface area (Å²) in [6, 6.07) is 20.7. The number of methoxy groups -OCH3 is 1. The van der Waals surface area contributed by atoms with Gasteiger partial charge in [-0.3, -0.25) is 4.79 Å². The highest BCUT2D eigenvalue weighted by molar-refractivity contribution is 6.05. The average molecular weight is 403 g/mol. The Morgan fingerprint density at radius 3 is 2.20 bits per heavy atom. The summed E-state index contributed by atoms with van der Waals surface area (Å²) < 4.78 is 18.6. The molecule has 0 spiro atoms. The molecule has 5 heteroatoms. The molecule has 1 N–H and O–H groups in total. The maximum atomic E-state index is 13.3. The second-order valence-electron chi connectivity index (χ2n) is 7.36. The molecule has 0 fully saturated rings. The first-order chi connectivity index (χ1) is 14.5. The van der Waals surface area contributed by atoms with E-state index >= 15 is 0 Å². The summed E-state index contributed by atoms with van der Waals surface area (Å²) in [5, 5.41) is 10.8. The number of hydrogen-bond acceptors (Lipinski definition) is 3. The van der Waals surface area contributed by atoms with Gasteiger partial charge in [-0.1, -0.05) is 54.1 Å². The van der Waals surface area contributed by atoms with Crippen molar-refractivity contribution in [3.63, 3.8) is 0 Å². The first kappa shape index (κ1) is 19.7. The van der Waals surface area contributed by atoms with E-state index in [1.807, 2.05) is 43.3 Å². The van der Waals surface area contributed by atoms with Gasteiger partial charge in [0.15, 0.2) is 5.76 Å². The van der Waals surface area contributed by atoms with Crippen molar-refractivity contribution in [2.24, 2.45) is 0 Å². The number of carbonyl (C=O) groups is 1. The number of ether oxygens (including phenoxy) is 1. The second-order valence-corrected chi connectivity index (χ2v) is 7.36. The molecule has 1 heterocycles. The van der Waals surface area contributed by atoms with E-state index in [0.717, 1.165) is 22.3 Å². The van der Waals surface area contributed by atoms with Crippen LogP contribution in [0.4, 0.5) is 4.39 Å². The van der Waals surface area contributed by atoms with E-state index in [0.29, 0.717) is 11.3 Å². The van der Waals surface area contributed by atoms with Crippen LogP contribution in [0.1, 0.15) is 28.3 Å². The molecule has 152 valence electrons. The third-order valence-electron chi connectivity index (χ3n) is 5.36. The van der Waals surface area contributed by atoms with Gasteiger partial charge in [0.1, 0.15) is 11.6 Å². The van der Waals surface area contributed by atoms with Crippen LogP contribution in [-0.4, -0.2) is 23.0 Å². The third kappa shape index (κ3) is 3.66. The highest BCUT2D eigenvalue weighted by atomic mass is 19.1. The number of amides is 1. The molecule has 3 aromatic carbocycles. The Balaban J connectivity index is 1.79. The summed E-state index contributed by atoms with van der Waals surface area (Å²) in [4.78, 5) is 14.7. The van der Waals surface area contributed by atoms with Crippen molar-refractivity contribution in [2.75, 3.05) is 7.11 Å². The van der Waals surface area contributed by atoms with E-state index in [2.05, 4.69) is 0 Å². The van der Waals surface area contributed by atoms with Crippen molar-refractivity contribution in [1.82, 2.24) is 4.90 Å². The van der Waals surface area contributed by atoms with E-state index in [-0.39, 0.29) is 18.1 Å². The number of rotatable bonds is 5. The molecule has 0 aromatic heterocycles. The van der Waals surface area contributed by atoms with Crippen LogP contribution in [-0.2, 0) is 11.3 Å². The summed E-state index contributed by atoms with van der Waals surface area (Å²) in [6.45, 7) is 2.25. The predicted molar refractivity (Wildman–Crippen MR) is 113 cm³/mol. The number of carbonyl (C=O) groups excluding carboxylic acids is 1. The number of aryl methyl sites for hydroxylation is 1. The number of aliphatic hydroxyl groups excluding tert-OH is 1. The SMILES string of the molecule is COc1ccc(C2=C(O)C(=O)N(Cc3ccc(F)cc3)C2c2ccc(C)cc2)cc1. The van der Waals surface area contributed by atoms with E-state index in [4.69, 9.17) is 4.74 Å². The zero-order chi connectivity index (χ0) is 21.3. The van der Waals surface area contributed by atoms with Gasteiger partial charge in [-0.05, 0) is 47.9 Å². The Bertz CT molecular complexity index is 1090. The second kappa shape index (κ2) is 8.03. The van der Waals surface area contributed by atoms with Crippen LogP contribution >= 0.6 is 0 Å². The van der Waals surface area contributed by atoms with Crippen LogP contribution in [0.15, 0.2) is 78.6 Å². The molecular formula is C25H22FNO3. The Kier molecular flexibility index (Phi) is 5.27. The first-order valence-corrected chi connectivity index (χ1v) is 9.67. The molecule has 3 aromatic rings. The van der Waals surface area contributed by atoms with Gasteiger partial charge < -0.3 is 14.7 Å². The number of nitrogens with zero attached hydrogens (tertiary/aromatic N) is 1. The fourth-order valence-electron chi connectivity index (χ4n) is 3.76. The normalized spacial score (nSPS) is 16.3. The molecule has 1 aliphatic rings. The van der Waals surface area contributed by atoms with Crippen LogP contribution < -0.4 is 4.74 Å². The minimum atomic E-state index is -0.462. The van der Waals surface area contributed by atoms with Crippen LogP contribution in [0.25, 0.3) is 5.57 Å². The molecule has 4 rings (SSSR count). The van der Waals surface area contributed by atoms with Crippen molar-refractivity contribution < 1.29 is 19.0 Å². The number of halogens is 1. The molecule has 0 aliphatic carbocycles. The minimum absolute atomic E-state index is 0.251. The molecule has 1 unspecified atom stereocenters. The Morgan fingerprint density at radius 1 is 0.967 bits per heavy atom. The quantitative estimate of drug-likeness (QED) is 0.637. The molecule has 4 nitrogen and oxygen atoms in total. The average Bonchev–Trinajstić information content (AvgIpc) is 3.01. The van der Waals surface area contributed by atoms with Crippen molar-refractivity contribution in [3.05, 3.63) is 107 Å². The summed E-state index contributed by atoms with van der Waals surface area (Å²) in [7, 11) is 1.59. The van der Waals surface area contributed by atoms with Crippen molar-refractivity contribution in [1.29, 1.82) is 0 Å². The third-order valence-corrected chi connectivity index (χ3v) is 5.36.